The number of thiophene rings is 1. The molecule has 4 aromatic rings. The summed E-state index contributed by atoms with van der Waals surface area (Å²) in [5, 5.41) is 6.15. The van der Waals surface area contributed by atoms with Gasteiger partial charge in [0.05, 0.1) is 10.7 Å². The fraction of sp³-hybridized carbons (Fsp3) is 0.143. The van der Waals surface area contributed by atoms with Crippen LogP contribution in [0.3, 0.4) is 0 Å². The van der Waals surface area contributed by atoms with Crippen molar-refractivity contribution < 1.29 is 12.9 Å². The largest absolute Gasteiger partial charge is 0.333 e. The molecular formula is C21H18ClN3O3S2. The SMILES string of the molecule is Cc1ccc(N(C)S(=O)(=O)c2ccsc2-c2nc(-c3ccccc3Cl)no2)cc1C. The summed E-state index contributed by atoms with van der Waals surface area (Å²) >= 11 is 7.43. The van der Waals surface area contributed by atoms with Gasteiger partial charge in [-0.1, -0.05) is 35.0 Å². The first-order valence-corrected chi connectivity index (χ1v) is 11.7. The molecule has 0 N–H and O–H groups in total. The number of halogens is 1. The van der Waals surface area contributed by atoms with Crippen LogP contribution in [0.15, 0.2) is 63.3 Å². The standard InChI is InChI=1S/C21H18ClN3O3S2/c1-13-8-9-15(12-14(13)2)25(3)30(26,27)18-10-11-29-19(18)21-23-20(24-28-21)16-6-4-5-7-17(16)22/h4-12H,1-3H3. The second-order valence-corrected chi connectivity index (χ2v) is 10.0. The van der Waals surface area contributed by atoms with Crippen LogP contribution in [0.25, 0.3) is 22.2 Å². The highest BCUT2D eigenvalue weighted by atomic mass is 35.5. The molecule has 0 radical (unpaired) electrons. The minimum atomic E-state index is -3.83. The molecule has 0 unspecified atom stereocenters. The fourth-order valence-corrected chi connectivity index (χ4v) is 5.65. The third-order valence-electron chi connectivity index (χ3n) is 4.86. The lowest BCUT2D eigenvalue weighted by Gasteiger charge is -2.20. The van der Waals surface area contributed by atoms with Gasteiger partial charge >= 0.3 is 0 Å². The maximum atomic E-state index is 13.3. The second kappa shape index (κ2) is 7.86. The highest BCUT2D eigenvalue weighted by Gasteiger charge is 2.29. The number of aromatic nitrogens is 2. The molecule has 9 heteroatoms. The number of rotatable bonds is 5. The molecule has 0 fully saturated rings. The zero-order chi connectivity index (χ0) is 21.5. The average molecular weight is 460 g/mol. The Morgan fingerprint density at radius 3 is 2.57 bits per heavy atom. The van der Waals surface area contributed by atoms with Gasteiger partial charge in [-0.3, -0.25) is 4.31 Å². The van der Waals surface area contributed by atoms with Gasteiger partial charge in [-0.25, -0.2) is 8.42 Å². The molecule has 0 aliphatic heterocycles. The van der Waals surface area contributed by atoms with Gasteiger partial charge in [-0.15, -0.1) is 11.3 Å². The molecule has 0 aliphatic rings. The van der Waals surface area contributed by atoms with Crippen molar-refractivity contribution in [2.24, 2.45) is 0 Å². The highest BCUT2D eigenvalue weighted by molar-refractivity contribution is 7.93. The van der Waals surface area contributed by atoms with Crippen molar-refractivity contribution >= 4 is 38.6 Å². The van der Waals surface area contributed by atoms with Crippen LogP contribution < -0.4 is 4.31 Å². The zero-order valence-electron chi connectivity index (χ0n) is 16.5. The predicted octanol–water partition coefficient (Wildman–Crippen LogP) is 5.56. The third-order valence-corrected chi connectivity index (χ3v) is 8.05. The van der Waals surface area contributed by atoms with Gasteiger partial charge in [0.2, 0.25) is 5.82 Å². The molecule has 154 valence electrons. The van der Waals surface area contributed by atoms with Crippen LogP contribution in [0.2, 0.25) is 5.02 Å². The smallest absolute Gasteiger partial charge is 0.269 e. The van der Waals surface area contributed by atoms with Gasteiger partial charge < -0.3 is 4.52 Å². The Balaban J connectivity index is 1.73. The van der Waals surface area contributed by atoms with Gasteiger partial charge in [0, 0.05) is 12.6 Å². The van der Waals surface area contributed by atoms with E-state index in [1.54, 1.807) is 35.7 Å². The number of hydrogen-bond donors (Lipinski definition) is 0. The first-order chi connectivity index (χ1) is 14.3. The Labute approximate surface area is 183 Å². The quantitative estimate of drug-likeness (QED) is 0.390. The summed E-state index contributed by atoms with van der Waals surface area (Å²) in [5.74, 6) is 0.432. The molecule has 4 rings (SSSR count). The zero-order valence-corrected chi connectivity index (χ0v) is 18.8. The first-order valence-electron chi connectivity index (χ1n) is 9.01. The van der Waals surface area contributed by atoms with Crippen LogP contribution in [0, 0.1) is 13.8 Å². The van der Waals surface area contributed by atoms with Gasteiger partial charge in [0.15, 0.2) is 0 Å². The number of aryl methyl sites for hydroxylation is 2. The number of nitrogens with zero attached hydrogens (tertiary/aromatic N) is 3. The van der Waals surface area contributed by atoms with Crippen molar-refractivity contribution in [2.45, 2.75) is 18.7 Å². The molecule has 0 saturated heterocycles. The number of anilines is 1. The van der Waals surface area contributed by atoms with E-state index >= 15 is 0 Å². The molecule has 2 heterocycles. The summed E-state index contributed by atoms with van der Waals surface area (Å²) in [6.45, 7) is 3.93. The third kappa shape index (κ3) is 3.62. The summed E-state index contributed by atoms with van der Waals surface area (Å²) in [6.07, 6.45) is 0. The lowest BCUT2D eigenvalue weighted by atomic mass is 10.1. The minimum Gasteiger partial charge on any atom is -0.333 e. The molecule has 2 aromatic heterocycles. The Hall–Kier alpha value is -2.68. The van der Waals surface area contributed by atoms with E-state index in [9.17, 15) is 8.42 Å². The van der Waals surface area contributed by atoms with E-state index in [0.29, 0.717) is 27.0 Å². The van der Waals surface area contributed by atoms with Gasteiger partial charge in [0.25, 0.3) is 15.9 Å². The summed E-state index contributed by atoms with van der Waals surface area (Å²) < 4.78 is 33.3. The molecule has 6 nitrogen and oxygen atoms in total. The Kier molecular flexibility index (Phi) is 5.40. The number of sulfonamides is 1. The van der Waals surface area contributed by atoms with Crippen molar-refractivity contribution in [1.29, 1.82) is 0 Å². The van der Waals surface area contributed by atoms with Crippen molar-refractivity contribution in [3.63, 3.8) is 0 Å². The molecule has 0 atom stereocenters. The fourth-order valence-electron chi connectivity index (χ4n) is 2.93. The predicted molar refractivity (Wildman–Crippen MR) is 120 cm³/mol. The van der Waals surface area contributed by atoms with Crippen LogP contribution >= 0.6 is 22.9 Å². The van der Waals surface area contributed by atoms with Crippen LogP contribution in [0.4, 0.5) is 5.69 Å². The normalized spacial score (nSPS) is 11.6. The molecule has 0 aliphatic carbocycles. The van der Waals surface area contributed by atoms with Crippen molar-refractivity contribution in [2.75, 3.05) is 11.4 Å². The molecule has 30 heavy (non-hydrogen) atoms. The van der Waals surface area contributed by atoms with Crippen molar-refractivity contribution in [1.82, 2.24) is 10.1 Å². The lowest BCUT2D eigenvalue weighted by Crippen LogP contribution is -2.26. The van der Waals surface area contributed by atoms with E-state index in [4.69, 9.17) is 16.1 Å². The molecule has 2 aromatic carbocycles. The number of hydrogen-bond acceptors (Lipinski definition) is 6. The van der Waals surface area contributed by atoms with Crippen LogP contribution in [0.1, 0.15) is 11.1 Å². The van der Waals surface area contributed by atoms with E-state index in [2.05, 4.69) is 10.1 Å². The average Bonchev–Trinajstić information content (AvgIpc) is 3.39. The lowest BCUT2D eigenvalue weighted by molar-refractivity contribution is 0.432. The molecule has 0 amide bonds. The van der Waals surface area contributed by atoms with E-state index in [1.807, 2.05) is 32.0 Å². The molecule has 0 spiro atoms. The minimum absolute atomic E-state index is 0.114. The molecule has 0 bridgehead atoms. The first kappa shape index (κ1) is 20.6. The topological polar surface area (TPSA) is 76.3 Å². The van der Waals surface area contributed by atoms with E-state index in [1.165, 1.54) is 22.7 Å². The maximum absolute atomic E-state index is 13.3. The van der Waals surface area contributed by atoms with Crippen molar-refractivity contribution in [3.8, 4) is 22.2 Å². The summed E-state index contributed by atoms with van der Waals surface area (Å²) in [4.78, 5) is 4.88. The van der Waals surface area contributed by atoms with E-state index in [0.717, 1.165) is 11.1 Å². The highest BCUT2D eigenvalue weighted by Crippen LogP contribution is 2.36. The van der Waals surface area contributed by atoms with Crippen molar-refractivity contribution in [3.05, 3.63) is 70.1 Å². The number of benzene rings is 2. The Morgan fingerprint density at radius 2 is 1.83 bits per heavy atom. The Morgan fingerprint density at radius 1 is 1.07 bits per heavy atom. The van der Waals surface area contributed by atoms with E-state index < -0.39 is 10.0 Å². The van der Waals surface area contributed by atoms with E-state index in [-0.39, 0.29) is 10.8 Å². The summed E-state index contributed by atoms with van der Waals surface area (Å²) in [5.41, 5.74) is 3.31. The Bertz CT molecular complexity index is 1330. The van der Waals surface area contributed by atoms with Gasteiger partial charge in [-0.05, 0) is 60.7 Å². The van der Waals surface area contributed by atoms with Crippen LogP contribution in [-0.2, 0) is 10.0 Å². The molecular weight excluding hydrogens is 442 g/mol. The van der Waals surface area contributed by atoms with Gasteiger partial charge in [-0.2, -0.15) is 4.98 Å². The molecule has 0 saturated carbocycles. The van der Waals surface area contributed by atoms with Crippen LogP contribution in [-0.4, -0.2) is 25.6 Å². The second-order valence-electron chi connectivity index (χ2n) is 6.76. The monoisotopic (exact) mass is 459 g/mol. The van der Waals surface area contributed by atoms with Crippen LogP contribution in [0.5, 0.6) is 0 Å². The summed E-state index contributed by atoms with van der Waals surface area (Å²) in [7, 11) is -2.30. The van der Waals surface area contributed by atoms with Gasteiger partial charge in [0.1, 0.15) is 9.77 Å². The summed E-state index contributed by atoms with van der Waals surface area (Å²) in [6, 6.07) is 14.2. The maximum Gasteiger partial charge on any atom is 0.269 e.